The highest BCUT2D eigenvalue weighted by molar-refractivity contribution is 5.52. The average molecular weight is 325 g/mol. The van der Waals surface area contributed by atoms with Gasteiger partial charge in [0.2, 0.25) is 0 Å². The lowest BCUT2D eigenvalue weighted by atomic mass is 9.97. The molecule has 0 saturated carbocycles. The first-order valence-corrected chi connectivity index (χ1v) is 8.83. The molecule has 24 heavy (non-hydrogen) atoms. The molecule has 1 fully saturated rings. The summed E-state index contributed by atoms with van der Waals surface area (Å²) in [5.74, 6) is 0.518. The van der Waals surface area contributed by atoms with Gasteiger partial charge in [-0.1, -0.05) is 42.0 Å². The van der Waals surface area contributed by atoms with Crippen molar-refractivity contribution in [1.82, 2.24) is 15.1 Å². The number of aromatic nitrogens is 2. The molecule has 2 aromatic rings. The Morgan fingerprint density at radius 3 is 2.96 bits per heavy atom. The number of nitrogens with zero attached hydrogens (tertiary/aromatic N) is 2. The van der Waals surface area contributed by atoms with Crippen molar-refractivity contribution in [1.29, 1.82) is 0 Å². The molecular weight excluding hydrogens is 298 g/mol. The van der Waals surface area contributed by atoms with Crippen molar-refractivity contribution >= 4 is 6.08 Å². The van der Waals surface area contributed by atoms with Crippen LogP contribution >= 0.6 is 0 Å². The SMILES string of the molecule is CCn1cc(C2OCCC2CNCC(C)=Cc2ccccc2)cn1. The van der Waals surface area contributed by atoms with Gasteiger partial charge in [0.15, 0.2) is 0 Å². The molecule has 0 amide bonds. The van der Waals surface area contributed by atoms with Gasteiger partial charge in [-0.3, -0.25) is 4.68 Å². The van der Waals surface area contributed by atoms with Crippen LogP contribution in [0.5, 0.6) is 0 Å². The molecule has 1 aliphatic rings. The number of hydrogen-bond acceptors (Lipinski definition) is 3. The van der Waals surface area contributed by atoms with Gasteiger partial charge in [-0.05, 0) is 25.8 Å². The fraction of sp³-hybridized carbons (Fsp3) is 0.450. The van der Waals surface area contributed by atoms with E-state index >= 15 is 0 Å². The van der Waals surface area contributed by atoms with Crippen molar-refractivity contribution < 1.29 is 4.74 Å². The minimum atomic E-state index is 0.177. The number of benzene rings is 1. The zero-order valence-electron chi connectivity index (χ0n) is 14.6. The lowest BCUT2D eigenvalue weighted by Gasteiger charge is -2.18. The first-order chi connectivity index (χ1) is 11.8. The third-order valence-electron chi connectivity index (χ3n) is 4.54. The highest BCUT2D eigenvalue weighted by Crippen LogP contribution is 2.33. The quantitative estimate of drug-likeness (QED) is 0.844. The molecule has 0 spiro atoms. The highest BCUT2D eigenvalue weighted by Gasteiger charge is 2.30. The average Bonchev–Trinajstić information content (AvgIpc) is 3.24. The summed E-state index contributed by atoms with van der Waals surface area (Å²) in [7, 11) is 0. The monoisotopic (exact) mass is 325 g/mol. The maximum atomic E-state index is 5.95. The molecule has 1 saturated heterocycles. The second-order valence-electron chi connectivity index (χ2n) is 6.50. The van der Waals surface area contributed by atoms with Gasteiger partial charge < -0.3 is 10.1 Å². The summed E-state index contributed by atoms with van der Waals surface area (Å²) in [4.78, 5) is 0. The summed E-state index contributed by atoms with van der Waals surface area (Å²) < 4.78 is 7.92. The number of nitrogens with one attached hydrogen (secondary N) is 1. The van der Waals surface area contributed by atoms with Crippen LogP contribution in [0.4, 0.5) is 0 Å². The molecule has 0 bridgehead atoms. The van der Waals surface area contributed by atoms with E-state index in [1.807, 2.05) is 16.9 Å². The summed E-state index contributed by atoms with van der Waals surface area (Å²) in [6.45, 7) is 7.90. The Kier molecular flexibility index (Phi) is 5.83. The van der Waals surface area contributed by atoms with Gasteiger partial charge in [-0.2, -0.15) is 5.10 Å². The molecule has 3 rings (SSSR count). The van der Waals surface area contributed by atoms with Gasteiger partial charge in [-0.25, -0.2) is 0 Å². The Bertz CT molecular complexity index is 663. The van der Waals surface area contributed by atoms with E-state index in [0.717, 1.165) is 32.7 Å². The van der Waals surface area contributed by atoms with Crippen LogP contribution in [0.25, 0.3) is 6.08 Å². The minimum Gasteiger partial charge on any atom is -0.373 e. The van der Waals surface area contributed by atoms with Crippen molar-refractivity contribution in [3.8, 4) is 0 Å². The van der Waals surface area contributed by atoms with Crippen LogP contribution in [0.1, 0.15) is 37.5 Å². The molecule has 0 aliphatic carbocycles. The molecule has 1 aromatic heterocycles. The van der Waals surface area contributed by atoms with Gasteiger partial charge in [0.1, 0.15) is 0 Å². The van der Waals surface area contributed by atoms with Crippen molar-refractivity contribution in [3.05, 3.63) is 59.4 Å². The van der Waals surface area contributed by atoms with Crippen LogP contribution < -0.4 is 5.32 Å². The van der Waals surface area contributed by atoms with Gasteiger partial charge in [0.25, 0.3) is 0 Å². The van der Waals surface area contributed by atoms with E-state index in [-0.39, 0.29) is 6.10 Å². The molecule has 128 valence electrons. The van der Waals surface area contributed by atoms with Crippen molar-refractivity contribution in [2.75, 3.05) is 19.7 Å². The molecule has 1 aromatic carbocycles. The molecule has 1 aliphatic heterocycles. The fourth-order valence-corrected chi connectivity index (χ4v) is 3.25. The third-order valence-corrected chi connectivity index (χ3v) is 4.54. The number of aryl methyl sites for hydroxylation is 1. The topological polar surface area (TPSA) is 39.1 Å². The molecule has 2 heterocycles. The van der Waals surface area contributed by atoms with Crippen molar-refractivity contribution in [3.63, 3.8) is 0 Å². The van der Waals surface area contributed by atoms with Gasteiger partial charge >= 0.3 is 0 Å². The van der Waals surface area contributed by atoms with E-state index in [1.54, 1.807) is 0 Å². The molecule has 1 N–H and O–H groups in total. The van der Waals surface area contributed by atoms with Crippen LogP contribution in [0, 0.1) is 5.92 Å². The Balaban J connectivity index is 1.51. The standard InChI is InChI=1S/C20H27N3O/c1-3-23-15-19(14-22-23)20-18(9-10-24-20)13-21-12-16(2)11-17-7-5-4-6-8-17/h4-8,11,14-15,18,20-21H,3,9-10,12-13H2,1-2H3. The largest absolute Gasteiger partial charge is 0.373 e. The van der Waals surface area contributed by atoms with Crippen LogP contribution in [-0.4, -0.2) is 29.5 Å². The fourth-order valence-electron chi connectivity index (χ4n) is 3.25. The van der Waals surface area contributed by atoms with Crippen LogP contribution in [0.2, 0.25) is 0 Å². The van der Waals surface area contributed by atoms with E-state index in [1.165, 1.54) is 16.7 Å². The van der Waals surface area contributed by atoms with Crippen molar-refractivity contribution in [2.45, 2.75) is 32.9 Å². The summed E-state index contributed by atoms with van der Waals surface area (Å²) in [6, 6.07) is 10.5. The highest BCUT2D eigenvalue weighted by atomic mass is 16.5. The van der Waals surface area contributed by atoms with Crippen LogP contribution in [-0.2, 0) is 11.3 Å². The van der Waals surface area contributed by atoms with Gasteiger partial charge in [-0.15, -0.1) is 0 Å². The molecule has 2 atom stereocenters. The molecule has 0 radical (unpaired) electrons. The van der Waals surface area contributed by atoms with Crippen molar-refractivity contribution in [2.24, 2.45) is 5.92 Å². The Morgan fingerprint density at radius 2 is 2.21 bits per heavy atom. The second-order valence-corrected chi connectivity index (χ2v) is 6.50. The van der Waals surface area contributed by atoms with E-state index < -0.39 is 0 Å². The summed E-state index contributed by atoms with van der Waals surface area (Å²) in [5, 5.41) is 7.97. The summed E-state index contributed by atoms with van der Waals surface area (Å²) in [6.07, 6.45) is 7.59. The zero-order valence-corrected chi connectivity index (χ0v) is 14.6. The Labute approximate surface area is 144 Å². The third kappa shape index (κ3) is 4.34. The van der Waals surface area contributed by atoms with Gasteiger partial charge in [0.05, 0.1) is 12.3 Å². The van der Waals surface area contributed by atoms with Crippen LogP contribution in [0.3, 0.4) is 0 Å². The van der Waals surface area contributed by atoms with E-state index in [4.69, 9.17) is 4.74 Å². The maximum Gasteiger partial charge on any atom is 0.0896 e. The summed E-state index contributed by atoms with van der Waals surface area (Å²) >= 11 is 0. The predicted octanol–water partition coefficient (Wildman–Crippen LogP) is 3.67. The second kappa shape index (κ2) is 8.27. The lowest BCUT2D eigenvalue weighted by molar-refractivity contribution is 0.0906. The number of hydrogen-bond donors (Lipinski definition) is 1. The van der Waals surface area contributed by atoms with E-state index in [9.17, 15) is 0 Å². The minimum absolute atomic E-state index is 0.177. The molecule has 2 unspecified atom stereocenters. The Hall–Kier alpha value is -1.91. The Morgan fingerprint density at radius 1 is 1.38 bits per heavy atom. The van der Waals surface area contributed by atoms with Crippen LogP contribution in [0.15, 0.2) is 48.3 Å². The zero-order chi connectivity index (χ0) is 16.8. The smallest absolute Gasteiger partial charge is 0.0896 e. The van der Waals surface area contributed by atoms with E-state index in [2.05, 4.69) is 60.8 Å². The molecular formula is C20H27N3O. The number of ether oxygens (including phenoxy) is 1. The first kappa shape index (κ1) is 16.9. The van der Waals surface area contributed by atoms with E-state index in [0.29, 0.717) is 5.92 Å². The normalized spacial score (nSPS) is 21.3. The molecule has 4 nitrogen and oxygen atoms in total. The first-order valence-electron chi connectivity index (χ1n) is 8.83. The molecule has 4 heteroatoms. The lowest BCUT2D eigenvalue weighted by Crippen LogP contribution is -2.26. The summed E-state index contributed by atoms with van der Waals surface area (Å²) in [5.41, 5.74) is 3.80. The maximum absolute atomic E-state index is 5.95. The van der Waals surface area contributed by atoms with Gasteiger partial charge in [0, 0.05) is 43.9 Å². The number of rotatable bonds is 7. The predicted molar refractivity (Wildman–Crippen MR) is 97.7 cm³/mol.